The zero-order valence-corrected chi connectivity index (χ0v) is 8.53. The van der Waals surface area contributed by atoms with Crippen LogP contribution >= 0.6 is 0 Å². The van der Waals surface area contributed by atoms with E-state index in [4.69, 9.17) is 0 Å². The normalized spacial score (nSPS) is 11.9. The van der Waals surface area contributed by atoms with Crippen molar-refractivity contribution in [1.29, 1.82) is 0 Å². The number of carbonyl (C=O) groups is 2. The molecule has 0 radical (unpaired) electrons. The van der Waals surface area contributed by atoms with E-state index in [9.17, 15) is 14.4 Å². The molecule has 0 aliphatic rings. The summed E-state index contributed by atoms with van der Waals surface area (Å²) in [5, 5.41) is 2.43. The molecule has 0 spiro atoms. The zero-order chi connectivity index (χ0) is 11.4. The van der Waals surface area contributed by atoms with Crippen molar-refractivity contribution in [1.82, 2.24) is 10.3 Å². The Bertz CT molecular complexity index is 436. The van der Waals surface area contributed by atoms with Crippen LogP contribution in [0.5, 0.6) is 0 Å². The standard InChI is InChI=1S/C10H12N2O3/c1-6(7(2)13)12-10(15)8-5-11-4-3-9(8)14/h3-6H,1-2H3,(H,11,14)(H,12,15). The highest BCUT2D eigenvalue weighted by Gasteiger charge is 2.14. The Hall–Kier alpha value is -1.91. The number of hydrogen-bond acceptors (Lipinski definition) is 3. The summed E-state index contributed by atoms with van der Waals surface area (Å²) < 4.78 is 0. The van der Waals surface area contributed by atoms with Crippen molar-refractivity contribution in [3.63, 3.8) is 0 Å². The molecule has 1 aromatic heterocycles. The number of hydrogen-bond donors (Lipinski definition) is 2. The Labute approximate surface area is 86.5 Å². The first-order chi connectivity index (χ1) is 7.02. The van der Waals surface area contributed by atoms with Crippen LogP contribution in [0.3, 0.4) is 0 Å². The van der Waals surface area contributed by atoms with Crippen LogP contribution in [-0.2, 0) is 4.79 Å². The number of aromatic amines is 1. The lowest BCUT2D eigenvalue weighted by Crippen LogP contribution is -2.39. The first-order valence-electron chi connectivity index (χ1n) is 4.51. The average Bonchev–Trinajstić information content (AvgIpc) is 2.18. The maximum atomic E-state index is 11.5. The highest BCUT2D eigenvalue weighted by atomic mass is 16.2. The number of pyridine rings is 1. The molecule has 80 valence electrons. The van der Waals surface area contributed by atoms with Crippen molar-refractivity contribution in [3.8, 4) is 0 Å². The van der Waals surface area contributed by atoms with Gasteiger partial charge in [-0.25, -0.2) is 0 Å². The number of rotatable bonds is 3. The number of H-pyrrole nitrogens is 1. The molecule has 0 fully saturated rings. The predicted molar refractivity (Wildman–Crippen MR) is 54.7 cm³/mol. The highest BCUT2D eigenvalue weighted by molar-refractivity contribution is 5.96. The molecule has 0 aromatic carbocycles. The Morgan fingerprint density at radius 1 is 1.47 bits per heavy atom. The van der Waals surface area contributed by atoms with E-state index in [1.807, 2.05) is 0 Å². The summed E-state index contributed by atoms with van der Waals surface area (Å²) in [7, 11) is 0. The Morgan fingerprint density at radius 3 is 2.67 bits per heavy atom. The second-order valence-corrected chi connectivity index (χ2v) is 3.23. The second-order valence-electron chi connectivity index (χ2n) is 3.23. The van der Waals surface area contributed by atoms with Gasteiger partial charge in [0, 0.05) is 18.5 Å². The van der Waals surface area contributed by atoms with Crippen LogP contribution in [-0.4, -0.2) is 22.7 Å². The Balaban J connectivity index is 2.83. The van der Waals surface area contributed by atoms with Gasteiger partial charge in [0.2, 0.25) is 0 Å². The van der Waals surface area contributed by atoms with E-state index in [1.54, 1.807) is 6.92 Å². The van der Waals surface area contributed by atoms with Gasteiger partial charge in [-0.2, -0.15) is 0 Å². The molecule has 0 aliphatic heterocycles. The van der Waals surface area contributed by atoms with Crippen LogP contribution in [0.2, 0.25) is 0 Å². The minimum atomic E-state index is -0.586. The van der Waals surface area contributed by atoms with Crippen LogP contribution < -0.4 is 10.7 Å². The lowest BCUT2D eigenvalue weighted by molar-refractivity contribution is -0.118. The molecule has 2 N–H and O–H groups in total. The van der Waals surface area contributed by atoms with Gasteiger partial charge in [-0.15, -0.1) is 0 Å². The monoisotopic (exact) mass is 208 g/mol. The lowest BCUT2D eigenvalue weighted by atomic mass is 10.2. The molecule has 5 nitrogen and oxygen atoms in total. The van der Waals surface area contributed by atoms with Crippen LogP contribution in [0.4, 0.5) is 0 Å². The minimum Gasteiger partial charge on any atom is -0.367 e. The van der Waals surface area contributed by atoms with Gasteiger partial charge >= 0.3 is 0 Å². The maximum Gasteiger partial charge on any atom is 0.257 e. The van der Waals surface area contributed by atoms with E-state index in [0.717, 1.165) is 0 Å². The first-order valence-corrected chi connectivity index (χ1v) is 4.51. The largest absolute Gasteiger partial charge is 0.367 e. The fourth-order valence-corrected chi connectivity index (χ4v) is 0.970. The summed E-state index contributed by atoms with van der Waals surface area (Å²) in [6.07, 6.45) is 2.75. The van der Waals surface area contributed by atoms with Crippen molar-refractivity contribution >= 4 is 11.7 Å². The van der Waals surface area contributed by atoms with Gasteiger partial charge in [-0.3, -0.25) is 14.4 Å². The minimum absolute atomic E-state index is 0.00519. The fourth-order valence-electron chi connectivity index (χ4n) is 0.970. The molecular formula is C10H12N2O3. The molecule has 1 amide bonds. The Morgan fingerprint density at radius 2 is 2.13 bits per heavy atom. The van der Waals surface area contributed by atoms with Crippen LogP contribution in [0.1, 0.15) is 24.2 Å². The van der Waals surface area contributed by atoms with Gasteiger partial charge < -0.3 is 10.3 Å². The van der Waals surface area contributed by atoms with Gasteiger partial charge in [0.25, 0.3) is 5.91 Å². The molecular weight excluding hydrogens is 196 g/mol. The number of amides is 1. The molecule has 1 atom stereocenters. The van der Waals surface area contributed by atoms with E-state index in [1.165, 1.54) is 25.4 Å². The number of Topliss-reactive ketones (excluding diaryl/α,β-unsaturated/α-hetero) is 1. The van der Waals surface area contributed by atoms with Gasteiger partial charge in [-0.05, 0) is 13.8 Å². The van der Waals surface area contributed by atoms with E-state index in [2.05, 4.69) is 10.3 Å². The van der Waals surface area contributed by atoms with Gasteiger partial charge in [0.05, 0.1) is 6.04 Å². The molecule has 1 aromatic rings. The zero-order valence-electron chi connectivity index (χ0n) is 8.53. The molecule has 0 saturated heterocycles. The number of ketones is 1. The summed E-state index contributed by atoms with van der Waals surface area (Å²) >= 11 is 0. The SMILES string of the molecule is CC(=O)C(C)NC(=O)c1c[nH]ccc1=O. The molecule has 0 saturated carbocycles. The molecule has 15 heavy (non-hydrogen) atoms. The summed E-state index contributed by atoms with van der Waals surface area (Å²) in [6.45, 7) is 2.94. The lowest BCUT2D eigenvalue weighted by Gasteiger charge is -2.09. The van der Waals surface area contributed by atoms with Crippen LogP contribution in [0, 0.1) is 0 Å². The molecule has 0 bridgehead atoms. The van der Waals surface area contributed by atoms with E-state index in [0.29, 0.717) is 0 Å². The van der Waals surface area contributed by atoms with Gasteiger partial charge in [0.15, 0.2) is 11.2 Å². The fraction of sp³-hybridized carbons (Fsp3) is 0.300. The molecule has 1 heterocycles. The van der Waals surface area contributed by atoms with Crippen LogP contribution in [0.25, 0.3) is 0 Å². The van der Waals surface area contributed by atoms with Gasteiger partial charge in [0.1, 0.15) is 5.56 Å². The first kappa shape index (κ1) is 11.2. The quantitative estimate of drug-likeness (QED) is 0.738. The molecule has 1 rings (SSSR count). The topological polar surface area (TPSA) is 79.0 Å². The maximum absolute atomic E-state index is 11.5. The third-order valence-electron chi connectivity index (χ3n) is 2.03. The van der Waals surface area contributed by atoms with Crippen molar-refractivity contribution in [2.45, 2.75) is 19.9 Å². The predicted octanol–water partition coefficient (Wildman–Crippen LogP) is 0.0822. The average molecular weight is 208 g/mol. The smallest absolute Gasteiger partial charge is 0.257 e. The number of nitrogens with one attached hydrogen (secondary N) is 2. The molecule has 1 unspecified atom stereocenters. The summed E-state index contributed by atoms with van der Waals surface area (Å²) in [4.78, 5) is 36.3. The van der Waals surface area contributed by atoms with Crippen molar-refractivity contribution in [2.75, 3.05) is 0 Å². The van der Waals surface area contributed by atoms with E-state index in [-0.39, 0.29) is 16.8 Å². The summed E-state index contributed by atoms with van der Waals surface area (Å²) in [5.74, 6) is -0.699. The van der Waals surface area contributed by atoms with E-state index < -0.39 is 11.9 Å². The molecule has 5 heteroatoms. The Kier molecular flexibility index (Phi) is 3.38. The summed E-state index contributed by atoms with van der Waals surface area (Å²) in [5.41, 5.74) is -0.368. The number of carbonyl (C=O) groups excluding carboxylic acids is 2. The van der Waals surface area contributed by atoms with Crippen LogP contribution in [0.15, 0.2) is 23.3 Å². The second kappa shape index (κ2) is 4.54. The van der Waals surface area contributed by atoms with Crippen molar-refractivity contribution < 1.29 is 9.59 Å². The highest BCUT2D eigenvalue weighted by Crippen LogP contribution is 1.91. The van der Waals surface area contributed by atoms with Crippen molar-refractivity contribution in [2.24, 2.45) is 0 Å². The number of aromatic nitrogens is 1. The van der Waals surface area contributed by atoms with Crippen molar-refractivity contribution in [3.05, 3.63) is 34.2 Å². The van der Waals surface area contributed by atoms with Gasteiger partial charge in [-0.1, -0.05) is 0 Å². The third kappa shape index (κ3) is 2.77. The molecule has 0 aliphatic carbocycles. The third-order valence-corrected chi connectivity index (χ3v) is 2.03. The summed E-state index contributed by atoms with van der Waals surface area (Å²) in [6, 6.07) is 0.671. The van der Waals surface area contributed by atoms with E-state index >= 15 is 0 Å².